The Labute approximate surface area is 149 Å². The normalized spacial score (nSPS) is 15.4. The van der Waals surface area contributed by atoms with Crippen molar-refractivity contribution in [1.82, 2.24) is 10.2 Å². The first-order chi connectivity index (χ1) is 12.0. The fourth-order valence-electron chi connectivity index (χ4n) is 3.09. The number of rotatable bonds is 7. The maximum absolute atomic E-state index is 12.4. The third-order valence-corrected chi connectivity index (χ3v) is 4.52. The molecule has 0 spiro atoms. The monoisotopic (exact) mass is 348 g/mol. The molecule has 1 saturated heterocycles. The van der Waals surface area contributed by atoms with Gasteiger partial charge < -0.3 is 19.7 Å². The van der Waals surface area contributed by atoms with Gasteiger partial charge in [0.1, 0.15) is 17.5 Å². The number of methoxy groups -OCH3 is 2. The lowest BCUT2D eigenvalue weighted by molar-refractivity contribution is -0.136. The Morgan fingerprint density at radius 3 is 2.52 bits per heavy atom. The molecule has 1 N–H and O–H groups in total. The SMILES string of the molecule is COc1ccc(OC)c(CCC(=O)N[C@@H](C)C(=O)N2CCCCC2)c1. The molecule has 6 heteroatoms. The summed E-state index contributed by atoms with van der Waals surface area (Å²) in [5.74, 6) is 1.32. The predicted octanol–water partition coefficient (Wildman–Crippen LogP) is 2.15. The second-order valence-electron chi connectivity index (χ2n) is 6.35. The van der Waals surface area contributed by atoms with Crippen molar-refractivity contribution < 1.29 is 19.1 Å². The van der Waals surface area contributed by atoms with E-state index in [4.69, 9.17) is 9.47 Å². The number of aryl methyl sites for hydroxylation is 1. The molecule has 0 aromatic heterocycles. The van der Waals surface area contributed by atoms with E-state index in [1.807, 2.05) is 23.1 Å². The predicted molar refractivity (Wildman–Crippen MR) is 95.9 cm³/mol. The van der Waals surface area contributed by atoms with Crippen LogP contribution >= 0.6 is 0 Å². The average molecular weight is 348 g/mol. The largest absolute Gasteiger partial charge is 0.497 e. The maximum atomic E-state index is 12.4. The first-order valence-electron chi connectivity index (χ1n) is 8.84. The van der Waals surface area contributed by atoms with Crippen LogP contribution < -0.4 is 14.8 Å². The summed E-state index contributed by atoms with van der Waals surface area (Å²) in [4.78, 5) is 26.4. The fraction of sp³-hybridized carbons (Fsp3) is 0.579. The molecule has 1 atom stereocenters. The second kappa shape index (κ2) is 9.30. The van der Waals surface area contributed by atoms with E-state index in [1.165, 1.54) is 6.42 Å². The second-order valence-corrected chi connectivity index (χ2v) is 6.35. The maximum Gasteiger partial charge on any atom is 0.244 e. The van der Waals surface area contributed by atoms with Crippen LogP contribution in [-0.2, 0) is 16.0 Å². The number of nitrogens with zero attached hydrogens (tertiary/aromatic N) is 1. The topological polar surface area (TPSA) is 67.9 Å². The number of carbonyl (C=O) groups excluding carboxylic acids is 2. The van der Waals surface area contributed by atoms with Gasteiger partial charge in [0.25, 0.3) is 0 Å². The molecular weight excluding hydrogens is 320 g/mol. The van der Waals surface area contributed by atoms with Gasteiger partial charge in [0, 0.05) is 19.5 Å². The Morgan fingerprint density at radius 2 is 1.88 bits per heavy atom. The molecule has 1 aliphatic rings. The molecule has 1 heterocycles. The van der Waals surface area contributed by atoms with Crippen LogP contribution in [-0.4, -0.2) is 50.1 Å². The lowest BCUT2D eigenvalue weighted by Crippen LogP contribution is -2.48. The highest BCUT2D eigenvalue weighted by Gasteiger charge is 2.23. The Balaban J connectivity index is 1.86. The summed E-state index contributed by atoms with van der Waals surface area (Å²) < 4.78 is 10.5. The van der Waals surface area contributed by atoms with E-state index in [1.54, 1.807) is 21.1 Å². The van der Waals surface area contributed by atoms with Gasteiger partial charge in [0.05, 0.1) is 14.2 Å². The average Bonchev–Trinajstić information content (AvgIpc) is 2.66. The van der Waals surface area contributed by atoms with Crippen molar-refractivity contribution in [3.63, 3.8) is 0 Å². The summed E-state index contributed by atoms with van der Waals surface area (Å²) in [6.07, 6.45) is 4.08. The first-order valence-corrected chi connectivity index (χ1v) is 8.84. The molecule has 1 fully saturated rings. The number of hydrogen-bond donors (Lipinski definition) is 1. The van der Waals surface area contributed by atoms with Gasteiger partial charge in [-0.15, -0.1) is 0 Å². The van der Waals surface area contributed by atoms with Gasteiger partial charge >= 0.3 is 0 Å². The summed E-state index contributed by atoms with van der Waals surface area (Å²) in [5.41, 5.74) is 0.909. The van der Waals surface area contributed by atoms with Crippen LogP contribution in [0.4, 0.5) is 0 Å². The van der Waals surface area contributed by atoms with Crippen LogP contribution in [0.1, 0.15) is 38.2 Å². The smallest absolute Gasteiger partial charge is 0.244 e. The van der Waals surface area contributed by atoms with E-state index >= 15 is 0 Å². The molecule has 1 aromatic rings. The molecule has 0 radical (unpaired) electrons. The van der Waals surface area contributed by atoms with Crippen LogP contribution in [0.25, 0.3) is 0 Å². The molecule has 2 amide bonds. The molecule has 0 aliphatic carbocycles. The molecule has 138 valence electrons. The van der Waals surface area contributed by atoms with Crippen molar-refractivity contribution >= 4 is 11.8 Å². The van der Waals surface area contributed by atoms with E-state index in [-0.39, 0.29) is 11.8 Å². The number of nitrogens with one attached hydrogen (secondary N) is 1. The molecule has 0 bridgehead atoms. The third kappa shape index (κ3) is 5.37. The third-order valence-electron chi connectivity index (χ3n) is 4.52. The molecule has 25 heavy (non-hydrogen) atoms. The van der Waals surface area contributed by atoms with Crippen molar-refractivity contribution in [2.24, 2.45) is 0 Å². The van der Waals surface area contributed by atoms with Crippen LogP contribution in [0.5, 0.6) is 11.5 Å². The van der Waals surface area contributed by atoms with E-state index in [0.717, 1.165) is 43.0 Å². The Bertz CT molecular complexity index is 597. The summed E-state index contributed by atoms with van der Waals surface area (Å²) in [5, 5.41) is 2.81. The van der Waals surface area contributed by atoms with Crippen molar-refractivity contribution in [1.29, 1.82) is 0 Å². The van der Waals surface area contributed by atoms with Gasteiger partial charge in [-0.3, -0.25) is 9.59 Å². The van der Waals surface area contributed by atoms with Gasteiger partial charge in [0.2, 0.25) is 11.8 Å². The number of benzene rings is 1. The fourth-order valence-corrected chi connectivity index (χ4v) is 3.09. The minimum Gasteiger partial charge on any atom is -0.497 e. The number of likely N-dealkylation sites (tertiary alicyclic amines) is 1. The Hall–Kier alpha value is -2.24. The van der Waals surface area contributed by atoms with Gasteiger partial charge in [-0.2, -0.15) is 0 Å². The Kier molecular flexibility index (Phi) is 7.10. The molecular formula is C19H28N2O4. The van der Waals surface area contributed by atoms with Crippen LogP contribution in [0, 0.1) is 0 Å². The Morgan fingerprint density at radius 1 is 1.16 bits per heavy atom. The van der Waals surface area contributed by atoms with E-state index in [2.05, 4.69) is 5.32 Å². The molecule has 1 aromatic carbocycles. The van der Waals surface area contributed by atoms with E-state index in [0.29, 0.717) is 12.8 Å². The summed E-state index contributed by atoms with van der Waals surface area (Å²) in [6, 6.07) is 5.03. The van der Waals surface area contributed by atoms with Gasteiger partial charge in [0.15, 0.2) is 0 Å². The highest BCUT2D eigenvalue weighted by atomic mass is 16.5. The zero-order chi connectivity index (χ0) is 18.2. The zero-order valence-electron chi connectivity index (χ0n) is 15.3. The molecule has 2 rings (SSSR count). The minimum atomic E-state index is -0.488. The first kappa shape index (κ1) is 19.1. The molecule has 0 unspecified atom stereocenters. The molecule has 1 aliphatic heterocycles. The van der Waals surface area contributed by atoms with Crippen molar-refractivity contribution in [3.05, 3.63) is 23.8 Å². The summed E-state index contributed by atoms with van der Waals surface area (Å²) in [7, 11) is 3.21. The number of carbonyl (C=O) groups is 2. The molecule has 0 saturated carbocycles. The quantitative estimate of drug-likeness (QED) is 0.820. The lowest BCUT2D eigenvalue weighted by Gasteiger charge is -2.29. The van der Waals surface area contributed by atoms with E-state index < -0.39 is 6.04 Å². The summed E-state index contributed by atoms with van der Waals surface area (Å²) >= 11 is 0. The number of ether oxygens (including phenoxy) is 2. The molecule has 6 nitrogen and oxygen atoms in total. The van der Waals surface area contributed by atoms with Crippen LogP contribution in [0.15, 0.2) is 18.2 Å². The van der Waals surface area contributed by atoms with Crippen LogP contribution in [0.2, 0.25) is 0 Å². The number of hydrogen-bond acceptors (Lipinski definition) is 4. The minimum absolute atomic E-state index is 0.00649. The number of amides is 2. The van der Waals surface area contributed by atoms with Crippen molar-refractivity contribution in [2.45, 2.75) is 45.1 Å². The highest BCUT2D eigenvalue weighted by Crippen LogP contribution is 2.25. The van der Waals surface area contributed by atoms with Crippen LogP contribution in [0.3, 0.4) is 0 Å². The van der Waals surface area contributed by atoms with E-state index in [9.17, 15) is 9.59 Å². The lowest BCUT2D eigenvalue weighted by atomic mass is 10.1. The van der Waals surface area contributed by atoms with Gasteiger partial charge in [-0.05, 0) is 56.4 Å². The van der Waals surface area contributed by atoms with Crippen molar-refractivity contribution in [3.8, 4) is 11.5 Å². The highest BCUT2D eigenvalue weighted by molar-refractivity contribution is 5.87. The van der Waals surface area contributed by atoms with Gasteiger partial charge in [-0.1, -0.05) is 0 Å². The standard InChI is InChI=1S/C19H28N2O4/c1-14(19(23)21-11-5-4-6-12-21)20-18(22)10-7-15-13-16(24-2)8-9-17(15)25-3/h8-9,13-14H,4-7,10-12H2,1-3H3,(H,20,22)/t14-/m0/s1. The number of piperidine rings is 1. The zero-order valence-corrected chi connectivity index (χ0v) is 15.3. The van der Waals surface area contributed by atoms with Gasteiger partial charge in [-0.25, -0.2) is 0 Å². The van der Waals surface area contributed by atoms with Crippen molar-refractivity contribution in [2.75, 3.05) is 27.3 Å². The summed E-state index contributed by atoms with van der Waals surface area (Å²) in [6.45, 7) is 3.33.